The van der Waals surface area contributed by atoms with Gasteiger partial charge in [-0.3, -0.25) is 0 Å². The fraction of sp³-hybridized carbons (Fsp3) is 0.385. The lowest BCUT2D eigenvalue weighted by Crippen LogP contribution is -2.22. The fourth-order valence-corrected chi connectivity index (χ4v) is 2.94. The van der Waals surface area contributed by atoms with E-state index in [1.54, 1.807) is 17.4 Å². The van der Waals surface area contributed by atoms with Crippen LogP contribution in [0.5, 0.6) is 0 Å². The molecule has 2 aromatic rings. The van der Waals surface area contributed by atoms with E-state index in [1.165, 1.54) is 10.4 Å². The molecule has 0 aromatic carbocycles. The first-order valence-corrected chi connectivity index (χ1v) is 7.00. The lowest BCUT2D eigenvalue weighted by Gasteiger charge is -2.15. The molecule has 17 heavy (non-hydrogen) atoms. The average Bonchev–Trinajstić information content (AvgIpc) is 2.90. The van der Waals surface area contributed by atoms with Gasteiger partial charge in [0.25, 0.3) is 0 Å². The normalized spacial score (nSPS) is 12.9. The van der Waals surface area contributed by atoms with Crippen LogP contribution >= 0.6 is 22.9 Å². The van der Waals surface area contributed by atoms with Crippen LogP contribution in [0.25, 0.3) is 0 Å². The third kappa shape index (κ3) is 2.92. The van der Waals surface area contributed by atoms with E-state index in [2.05, 4.69) is 30.6 Å². The maximum absolute atomic E-state index is 5.85. The van der Waals surface area contributed by atoms with Crippen molar-refractivity contribution in [2.24, 2.45) is 0 Å². The molecule has 0 aliphatic heterocycles. The first-order valence-electron chi connectivity index (χ1n) is 5.75. The van der Waals surface area contributed by atoms with Crippen LogP contribution in [0.15, 0.2) is 28.0 Å². The lowest BCUT2D eigenvalue weighted by molar-refractivity contribution is 0.450. The van der Waals surface area contributed by atoms with Crippen LogP contribution in [0.4, 0.5) is 0 Å². The zero-order valence-corrected chi connectivity index (χ0v) is 11.6. The monoisotopic (exact) mass is 269 g/mol. The van der Waals surface area contributed by atoms with E-state index < -0.39 is 0 Å². The Bertz CT molecular complexity index is 477. The smallest absolute Gasteiger partial charge is 0.193 e. The molecule has 2 aromatic heterocycles. The minimum Gasteiger partial charge on any atom is -0.448 e. The Balaban J connectivity index is 2.28. The summed E-state index contributed by atoms with van der Waals surface area (Å²) in [4.78, 5) is 1.30. The number of nitrogens with one attached hydrogen (secondary N) is 1. The summed E-state index contributed by atoms with van der Waals surface area (Å²) in [5.41, 5.74) is 1.29. The number of hydrogen-bond donors (Lipinski definition) is 1. The van der Waals surface area contributed by atoms with E-state index >= 15 is 0 Å². The Kier molecular flexibility index (Phi) is 4.26. The minimum atomic E-state index is 0.113. The summed E-state index contributed by atoms with van der Waals surface area (Å²) in [5.74, 6) is 0.883. The Morgan fingerprint density at radius 1 is 1.41 bits per heavy atom. The molecule has 4 heteroatoms. The van der Waals surface area contributed by atoms with Gasteiger partial charge in [0, 0.05) is 4.88 Å². The number of halogens is 1. The van der Waals surface area contributed by atoms with Crippen molar-refractivity contribution in [1.29, 1.82) is 0 Å². The fourth-order valence-electron chi connectivity index (χ4n) is 1.77. The standard InChI is InChI=1S/C13H16ClNOS/c1-3-7-15-12(10-4-5-11(14)16-10)13-9(2)6-8-17-13/h4-6,8,12,15H,3,7H2,1-2H3. The number of aryl methyl sites for hydroxylation is 1. The Hall–Kier alpha value is -0.770. The summed E-state index contributed by atoms with van der Waals surface area (Å²) in [6, 6.07) is 5.97. The molecule has 1 atom stereocenters. The van der Waals surface area contributed by atoms with Gasteiger partial charge in [-0.15, -0.1) is 11.3 Å². The highest BCUT2D eigenvalue weighted by Crippen LogP contribution is 2.31. The molecule has 0 saturated carbocycles. The van der Waals surface area contributed by atoms with Crippen molar-refractivity contribution in [1.82, 2.24) is 5.32 Å². The Labute approximate surface area is 111 Å². The van der Waals surface area contributed by atoms with Crippen LogP contribution in [0.3, 0.4) is 0 Å². The lowest BCUT2D eigenvalue weighted by atomic mass is 10.1. The van der Waals surface area contributed by atoms with E-state index in [9.17, 15) is 0 Å². The van der Waals surface area contributed by atoms with Gasteiger partial charge in [0.2, 0.25) is 0 Å². The summed E-state index contributed by atoms with van der Waals surface area (Å²) in [6.45, 7) is 5.23. The molecular formula is C13H16ClNOS. The van der Waals surface area contributed by atoms with E-state index in [-0.39, 0.29) is 6.04 Å². The van der Waals surface area contributed by atoms with Gasteiger partial charge in [-0.25, -0.2) is 0 Å². The van der Waals surface area contributed by atoms with Gasteiger partial charge in [-0.2, -0.15) is 0 Å². The Morgan fingerprint density at radius 3 is 2.76 bits per heavy atom. The molecule has 0 spiro atoms. The minimum absolute atomic E-state index is 0.113. The molecule has 2 nitrogen and oxygen atoms in total. The van der Waals surface area contributed by atoms with Gasteiger partial charge in [0.05, 0.1) is 0 Å². The molecule has 0 radical (unpaired) electrons. The van der Waals surface area contributed by atoms with Crippen LogP contribution in [0, 0.1) is 6.92 Å². The third-order valence-corrected chi connectivity index (χ3v) is 3.93. The SMILES string of the molecule is CCCNC(c1ccc(Cl)o1)c1sccc1C. The molecule has 0 bridgehead atoms. The summed E-state index contributed by atoms with van der Waals surface area (Å²) in [6.07, 6.45) is 1.09. The summed E-state index contributed by atoms with van der Waals surface area (Å²) in [5, 5.41) is 6.05. The summed E-state index contributed by atoms with van der Waals surface area (Å²) in [7, 11) is 0. The van der Waals surface area contributed by atoms with E-state index in [0.717, 1.165) is 18.7 Å². The highest BCUT2D eigenvalue weighted by molar-refractivity contribution is 7.10. The molecule has 0 fully saturated rings. The van der Waals surface area contributed by atoms with Crippen molar-refractivity contribution in [2.45, 2.75) is 26.3 Å². The topological polar surface area (TPSA) is 25.2 Å². The van der Waals surface area contributed by atoms with E-state index in [4.69, 9.17) is 16.0 Å². The highest BCUT2D eigenvalue weighted by Gasteiger charge is 2.19. The maximum atomic E-state index is 5.85. The number of rotatable bonds is 5. The second-order valence-electron chi connectivity index (χ2n) is 4.00. The van der Waals surface area contributed by atoms with Crippen molar-refractivity contribution >= 4 is 22.9 Å². The number of furan rings is 1. The zero-order chi connectivity index (χ0) is 12.3. The molecule has 2 heterocycles. The van der Waals surface area contributed by atoms with Crippen LogP contribution in [-0.4, -0.2) is 6.54 Å². The summed E-state index contributed by atoms with van der Waals surface area (Å²) < 4.78 is 5.53. The average molecular weight is 270 g/mol. The van der Waals surface area contributed by atoms with E-state index in [1.807, 2.05) is 6.07 Å². The molecule has 92 valence electrons. The first-order chi connectivity index (χ1) is 8.22. The van der Waals surface area contributed by atoms with Gasteiger partial charge in [0.15, 0.2) is 5.22 Å². The second-order valence-corrected chi connectivity index (χ2v) is 5.32. The van der Waals surface area contributed by atoms with Gasteiger partial charge >= 0.3 is 0 Å². The van der Waals surface area contributed by atoms with Crippen molar-refractivity contribution in [3.63, 3.8) is 0 Å². The first kappa shape index (κ1) is 12.7. The summed E-state index contributed by atoms with van der Waals surface area (Å²) >= 11 is 7.60. The van der Waals surface area contributed by atoms with Gasteiger partial charge < -0.3 is 9.73 Å². The van der Waals surface area contributed by atoms with Crippen molar-refractivity contribution < 1.29 is 4.42 Å². The van der Waals surface area contributed by atoms with Crippen LogP contribution in [0.2, 0.25) is 5.22 Å². The molecule has 0 saturated heterocycles. The molecule has 0 aliphatic carbocycles. The van der Waals surface area contributed by atoms with Crippen molar-refractivity contribution in [3.8, 4) is 0 Å². The predicted molar refractivity (Wildman–Crippen MR) is 72.9 cm³/mol. The van der Waals surface area contributed by atoms with Crippen LogP contribution in [-0.2, 0) is 0 Å². The van der Waals surface area contributed by atoms with E-state index in [0.29, 0.717) is 5.22 Å². The van der Waals surface area contributed by atoms with Gasteiger partial charge in [-0.1, -0.05) is 6.92 Å². The molecule has 2 rings (SSSR count). The largest absolute Gasteiger partial charge is 0.448 e. The number of hydrogen-bond acceptors (Lipinski definition) is 3. The molecular weight excluding hydrogens is 254 g/mol. The van der Waals surface area contributed by atoms with Gasteiger partial charge in [0.1, 0.15) is 11.8 Å². The Morgan fingerprint density at radius 2 is 2.24 bits per heavy atom. The zero-order valence-electron chi connectivity index (χ0n) is 10.00. The molecule has 0 amide bonds. The second kappa shape index (κ2) is 5.71. The molecule has 1 N–H and O–H groups in total. The molecule has 0 aliphatic rings. The van der Waals surface area contributed by atoms with Crippen LogP contribution in [0.1, 0.15) is 35.6 Å². The number of thiophene rings is 1. The van der Waals surface area contributed by atoms with Crippen molar-refractivity contribution in [3.05, 3.63) is 45.0 Å². The quantitative estimate of drug-likeness (QED) is 0.871. The predicted octanol–water partition coefficient (Wildman–Crippen LogP) is 4.39. The third-order valence-electron chi connectivity index (χ3n) is 2.64. The van der Waals surface area contributed by atoms with Gasteiger partial charge in [-0.05, 0) is 60.6 Å². The maximum Gasteiger partial charge on any atom is 0.193 e. The van der Waals surface area contributed by atoms with Crippen LogP contribution < -0.4 is 5.32 Å². The van der Waals surface area contributed by atoms with Crippen molar-refractivity contribution in [2.75, 3.05) is 6.54 Å². The molecule has 1 unspecified atom stereocenters. The highest BCUT2D eigenvalue weighted by atomic mass is 35.5.